The van der Waals surface area contributed by atoms with E-state index in [1.165, 1.54) is 12.1 Å². The summed E-state index contributed by atoms with van der Waals surface area (Å²) in [6.07, 6.45) is 3.58. The topological polar surface area (TPSA) is 25.8 Å². The lowest BCUT2D eigenvalue weighted by Crippen LogP contribution is -1.97. The van der Waals surface area contributed by atoms with Gasteiger partial charge in [0.25, 0.3) is 0 Å². The zero-order valence-corrected chi connectivity index (χ0v) is 7.74. The summed E-state index contributed by atoms with van der Waals surface area (Å²) in [5, 5.41) is 0. The Morgan fingerprint density at radius 3 is 2.87 bits per heavy atom. The fourth-order valence-electron chi connectivity index (χ4n) is 1.27. The quantitative estimate of drug-likeness (QED) is 0.750. The van der Waals surface area contributed by atoms with Crippen LogP contribution in [0.2, 0.25) is 0 Å². The van der Waals surface area contributed by atoms with Crippen LogP contribution in [0.1, 0.15) is 11.3 Å². The van der Waals surface area contributed by atoms with E-state index in [2.05, 4.69) is 16.3 Å². The van der Waals surface area contributed by atoms with E-state index < -0.39 is 5.82 Å². The van der Waals surface area contributed by atoms with Crippen molar-refractivity contribution in [2.24, 2.45) is 0 Å². The first kappa shape index (κ1) is 9.71. The third-order valence-electron chi connectivity index (χ3n) is 1.96. The van der Waals surface area contributed by atoms with Crippen molar-refractivity contribution in [2.75, 3.05) is 0 Å². The minimum absolute atomic E-state index is 0.218. The molecular weight excluding hydrogens is 198 g/mol. The summed E-state index contributed by atoms with van der Waals surface area (Å²) < 4.78 is 26.0. The molecule has 0 amide bonds. The highest BCUT2D eigenvalue weighted by molar-refractivity contribution is 5.22. The van der Waals surface area contributed by atoms with E-state index in [0.29, 0.717) is 5.56 Å². The summed E-state index contributed by atoms with van der Waals surface area (Å²) in [7, 11) is 0. The second-order valence-electron chi connectivity index (χ2n) is 3.07. The van der Waals surface area contributed by atoms with Crippen molar-refractivity contribution in [1.29, 1.82) is 0 Å². The Morgan fingerprint density at radius 2 is 2.13 bits per heavy atom. The Hall–Kier alpha value is -1.84. The first-order valence-electron chi connectivity index (χ1n) is 4.37. The average molecular weight is 205 g/mol. The van der Waals surface area contributed by atoms with Gasteiger partial charge in [0.1, 0.15) is 5.82 Å². The first-order valence-corrected chi connectivity index (χ1v) is 4.37. The van der Waals surface area contributed by atoms with Crippen LogP contribution in [0.3, 0.4) is 0 Å². The molecule has 1 aromatic carbocycles. The van der Waals surface area contributed by atoms with Crippen molar-refractivity contribution in [2.45, 2.75) is 6.42 Å². The number of hydrogen-bond donors (Lipinski definition) is 0. The van der Waals surface area contributed by atoms with Crippen molar-refractivity contribution < 1.29 is 8.78 Å². The van der Waals surface area contributed by atoms with Gasteiger partial charge in [-0.05, 0) is 17.7 Å². The highest BCUT2D eigenvalue weighted by Crippen LogP contribution is 2.10. The Kier molecular flexibility index (Phi) is 2.67. The van der Waals surface area contributed by atoms with Gasteiger partial charge >= 0.3 is 0 Å². The lowest BCUT2D eigenvalue weighted by molar-refractivity contribution is 0.593. The number of hydrogen-bond acceptors (Lipinski definition) is 2. The maximum absolute atomic E-state index is 13.1. The molecule has 0 unspecified atom stereocenters. The van der Waals surface area contributed by atoms with E-state index in [-0.39, 0.29) is 17.9 Å². The average Bonchev–Trinajstić information content (AvgIpc) is 2.22. The van der Waals surface area contributed by atoms with Gasteiger partial charge in [-0.2, -0.15) is 0 Å². The lowest BCUT2D eigenvalue weighted by Gasteiger charge is -2.01. The third kappa shape index (κ3) is 2.34. The summed E-state index contributed by atoms with van der Waals surface area (Å²) in [5.74, 6) is -0.844. The van der Waals surface area contributed by atoms with Gasteiger partial charge in [-0.15, -0.1) is 0 Å². The molecular formula is C11H7F2N2. The molecule has 4 heteroatoms. The van der Waals surface area contributed by atoms with Gasteiger partial charge in [-0.25, -0.2) is 18.7 Å². The summed E-state index contributed by atoms with van der Waals surface area (Å²) in [6.45, 7) is 0. The van der Waals surface area contributed by atoms with E-state index >= 15 is 0 Å². The van der Waals surface area contributed by atoms with E-state index in [1.54, 1.807) is 12.1 Å². The molecule has 2 nitrogen and oxygen atoms in total. The lowest BCUT2D eigenvalue weighted by atomic mass is 10.1. The monoisotopic (exact) mass is 205 g/mol. The molecule has 1 radical (unpaired) electrons. The van der Waals surface area contributed by atoms with Crippen molar-refractivity contribution >= 4 is 0 Å². The van der Waals surface area contributed by atoms with Crippen LogP contribution in [0.25, 0.3) is 0 Å². The number of rotatable bonds is 2. The second-order valence-corrected chi connectivity index (χ2v) is 3.07. The Balaban J connectivity index is 2.26. The largest absolute Gasteiger partial charge is 0.231 e. The molecule has 0 saturated heterocycles. The Bertz CT molecular complexity index is 472. The van der Waals surface area contributed by atoms with Crippen LogP contribution >= 0.6 is 0 Å². The smallest absolute Gasteiger partial charge is 0.198 e. The zero-order valence-electron chi connectivity index (χ0n) is 7.74. The molecule has 75 valence electrons. The zero-order chi connectivity index (χ0) is 10.7. The molecule has 15 heavy (non-hydrogen) atoms. The number of benzene rings is 1. The molecule has 0 saturated carbocycles. The molecule has 0 aliphatic carbocycles. The van der Waals surface area contributed by atoms with Crippen LogP contribution in [0.4, 0.5) is 8.78 Å². The summed E-state index contributed by atoms with van der Waals surface area (Å²) >= 11 is 0. The van der Waals surface area contributed by atoms with Gasteiger partial charge in [-0.3, -0.25) is 0 Å². The molecule has 1 aromatic heterocycles. The molecule has 0 aliphatic heterocycles. The maximum atomic E-state index is 13.1. The minimum Gasteiger partial charge on any atom is -0.231 e. The number of nitrogens with zero attached hydrogens (tertiary/aromatic N) is 2. The van der Waals surface area contributed by atoms with Crippen LogP contribution in [0, 0.1) is 18.0 Å². The molecule has 2 rings (SSSR count). The van der Waals surface area contributed by atoms with Gasteiger partial charge < -0.3 is 0 Å². The Morgan fingerprint density at radius 1 is 1.27 bits per heavy atom. The SMILES string of the molecule is Fc1cccc(Cc2n[c]ncc2F)c1. The fourth-order valence-corrected chi connectivity index (χ4v) is 1.27. The van der Waals surface area contributed by atoms with Crippen LogP contribution in [0.15, 0.2) is 30.5 Å². The van der Waals surface area contributed by atoms with E-state index in [4.69, 9.17) is 0 Å². The molecule has 0 N–H and O–H groups in total. The van der Waals surface area contributed by atoms with Crippen LogP contribution in [-0.2, 0) is 6.42 Å². The van der Waals surface area contributed by atoms with E-state index in [9.17, 15) is 8.78 Å². The van der Waals surface area contributed by atoms with Crippen LogP contribution < -0.4 is 0 Å². The van der Waals surface area contributed by atoms with Gasteiger partial charge in [0, 0.05) is 6.42 Å². The molecule has 2 aromatic rings. The minimum atomic E-state index is -0.502. The predicted octanol–water partition coefficient (Wildman–Crippen LogP) is 2.15. The maximum Gasteiger partial charge on any atom is 0.198 e. The molecule has 1 heterocycles. The van der Waals surface area contributed by atoms with Gasteiger partial charge in [-0.1, -0.05) is 12.1 Å². The highest BCUT2D eigenvalue weighted by atomic mass is 19.1. The normalized spacial score (nSPS) is 10.3. The van der Waals surface area contributed by atoms with Crippen molar-refractivity contribution in [1.82, 2.24) is 9.97 Å². The highest BCUT2D eigenvalue weighted by Gasteiger charge is 2.05. The van der Waals surface area contributed by atoms with Crippen molar-refractivity contribution in [3.05, 3.63) is 59.7 Å². The first-order chi connectivity index (χ1) is 7.25. The Labute approximate surface area is 85.6 Å². The van der Waals surface area contributed by atoms with Crippen LogP contribution in [-0.4, -0.2) is 9.97 Å². The van der Waals surface area contributed by atoms with Gasteiger partial charge in [0.05, 0.1) is 11.9 Å². The molecule has 0 fully saturated rings. The second kappa shape index (κ2) is 4.13. The van der Waals surface area contributed by atoms with E-state index in [1.807, 2.05) is 0 Å². The third-order valence-corrected chi connectivity index (χ3v) is 1.96. The molecule has 0 spiro atoms. The molecule has 0 atom stereocenters. The standard InChI is InChI=1S/C11H7F2N2/c12-9-3-1-2-8(4-9)5-11-10(13)6-14-7-15-11/h1-4,6H,5H2. The van der Waals surface area contributed by atoms with Crippen molar-refractivity contribution in [3.63, 3.8) is 0 Å². The predicted molar refractivity (Wildman–Crippen MR) is 50.0 cm³/mol. The number of halogens is 2. The summed E-state index contributed by atoms with van der Waals surface area (Å²) in [6, 6.07) is 5.98. The van der Waals surface area contributed by atoms with Gasteiger partial charge in [0.2, 0.25) is 0 Å². The molecule has 0 aliphatic rings. The fraction of sp³-hybridized carbons (Fsp3) is 0.0909. The van der Waals surface area contributed by atoms with E-state index in [0.717, 1.165) is 6.20 Å². The van der Waals surface area contributed by atoms with Crippen molar-refractivity contribution in [3.8, 4) is 0 Å². The summed E-state index contributed by atoms with van der Waals surface area (Å²) in [5.41, 5.74) is 0.886. The summed E-state index contributed by atoms with van der Waals surface area (Å²) in [4.78, 5) is 7.09. The van der Waals surface area contributed by atoms with Gasteiger partial charge in [0.15, 0.2) is 12.1 Å². The van der Waals surface area contributed by atoms with Crippen LogP contribution in [0.5, 0.6) is 0 Å². The molecule has 0 bridgehead atoms. The number of aromatic nitrogens is 2.